The van der Waals surface area contributed by atoms with Gasteiger partial charge in [0.05, 0.1) is 16.6 Å². The number of ether oxygens (including phenoxy) is 1. The number of halogens is 2. The van der Waals surface area contributed by atoms with E-state index in [9.17, 15) is 19.2 Å². The summed E-state index contributed by atoms with van der Waals surface area (Å²) in [6.45, 7) is 1.65. The molecule has 0 aliphatic carbocycles. The number of thiazole rings is 1. The van der Waals surface area contributed by atoms with Crippen LogP contribution >= 0.6 is 46.3 Å². The third kappa shape index (κ3) is 5.28. The third-order valence-electron chi connectivity index (χ3n) is 6.91. The van der Waals surface area contributed by atoms with Crippen molar-refractivity contribution in [1.29, 1.82) is 0 Å². The van der Waals surface area contributed by atoms with Crippen LogP contribution in [0.1, 0.15) is 21.9 Å². The van der Waals surface area contributed by atoms with Crippen molar-refractivity contribution in [3.63, 3.8) is 0 Å². The van der Waals surface area contributed by atoms with Gasteiger partial charge in [0.1, 0.15) is 11.0 Å². The van der Waals surface area contributed by atoms with E-state index in [1.807, 2.05) is 19.1 Å². The molecule has 0 saturated carbocycles. The van der Waals surface area contributed by atoms with Crippen LogP contribution in [0.4, 0.5) is 11.4 Å². The fourth-order valence-corrected chi connectivity index (χ4v) is 7.88. The van der Waals surface area contributed by atoms with Crippen molar-refractivity contribution in [2.45, 2.75) is 23.1 Å². The van der Waals surface area contributed by atoms with E-state index in [1.165, 1.54) is 16.7 Å². The maximum absolute atomic E-state index is 14.0. The number of aromatic nitrogens is 1. The van der Waals surface area contributed by atoms with Gasteiger partial charge in [0.15, 0.2) is 6.61 Å². The molecule has 12 heteroatoms. The van der Waals surface area contributed by atoms with Crippen molar-refractivity contribution >= 4 is 75.4 Å². The molecule has 3 amide bonds. The van der Waals surface area contributed by atoms with E-state index >= 15 is 0 Å². The molecule has 2 aliphatic rings. The number of rotatable bonds is 6. The summed E-state index contributed by atoms with van der Waals surface area (Å²) in [5, 5.41) is 3.37. The Morgan fingerprint density at radius 2 is 1.68 bits per heavy atom. The first kappa shape index (κ1) is 27.6. The van der Waals surface area contributed by atoms with Gasteiger partial charge in [-0.25, -0.2) is 4.90 Å². The van der Waals surface area contributed by atoms with Gasteiger partial charge in [-0.05, 0) is 61.5 Å². The van der Waals surface area contributed by atoms with E-state index < -0.39 is 28.9 Å². The largest absolute Gasteiger partial charge is 0.483 e. The van der Waals surface area contributed by atoms with Crippen LogP contribution in [0.3, 0.4) is 0 Å². The Morgan fingerprint density at radius 1 is 0.976 bits per heavy atom. The lowest BCUT2D eigenvalue weighted by Gasteiger charge is -2.31. The molecule has 6 rings (SSSR count). The molecule has 0 bridgehead atoms. The number of imide groups is 1. The first-order valence-electron chi connectivity index (χ1n) is 12.5. The average Bonchev–Trinajstić information content (AvgIpc) is 3.44. The average molecular weight is 627 g/mol. The van der Waals surface area contributed by atoms with Gasteiger partial charge < -0.3 is 15.0 Å². The number of nitrogens with zero attached hydrogens (tertiary/aromatic N) is 1. The monoisotopic (exact) mass is 625 g/mol. The van der Waals surface area contributed by atoms with Gasteiger partial charge in [-0.1, -0.05) is 64.0 Å². The molecular weight excluding hydrogens is 605 g/mol. The molecule has 4 aromatic rings. The number of aryl methyl sites for hydroxylation is 1. The van der Waals surface area contributed by atoms with Gasteiger partial charge in [-0.15, -0.1) is 0 Å². The summed E-state index contributed by atoms with van der Waals surface area (Å²) in [6, 6.07) is 18.7. The molecule has 2 N–H and O–H groups in total. The maximum Gasteiger partial charge on any atom is 0.305 e. The summed E-state index contributed by atoms with van der Waals surface area (Å²) >= 11 is 14.6. The standard InChI is InChI=1S/C29H21Cl2N3O5S2/c1-14-2-7-17(8-3-14)32-21(35)13-39-20-11-6-16(31)12-19(20)22-23-25(40-26-24(22)41-29(38)33-26)28(37)34(27(23)36)18-9-4-15(30)5-10-18/h2-12,22-23,25H,13H2,1H3,(H,32,35)(H,33,38)/t22-,23-,25+/m0/s1. The number of hydrogen-bond donors (Lipinski definition) is 2. The Hall–Kier alpha value is -3.57. The van der Waals surface area contributed by atoms with Crippen molar-refractivity contribution in [1.82, 2.24) is 4.98 Å². The minimum Gasteiger partial charge on any atom is -0.483 e. The first-order chi connectivity index (χ1) is 19.7. The zero-order chi connectivity index (χ0) is 28.8. The second-order valence-corrected chi connectivity index (χ2v) is 12.7. The number of thioether (sulfide) groups is 1. The van der Waals surface area contributed by atoms with E-state index in [0.717, 1.165) is 16.9 Å². The number of carbonyl (C=O) groups is 3. The summed E-state index contributed by atoms with van der Waals surface area (Å²) in [5.74, 6) is -2.42. The Kier molecular flexibility index (Phi) is 7.41. The van der Waals surface area contributed by atoms with E-state index in [0.29, 0.717) is 42.6 Å². The van der Waals surface area contributed by atoms with Gasteiger partial charge in [0.25, 0.3) is 5.91 Å². The fraction of sp³-hybridized carbons (Fsp3) is 0.172. The topological polar surface area (TPSA) is 109 Å². The SMILES string of the molecule is Cc1ccc(NC(=O)COc2ccc(Cl)cc2[C@@H]2c3sc(=O)[nH]c3S[C@H]3C(=O)N(c4ccc(Cl)cc4)C(=O)[C@@H]23)cc1. The van der Waals surface area contributed by atoms with Gasteiger partial charge in [-0.2, -0.15) is 0 Å². The summed E-state index contributed by atoms with van der Waals surface area (Å²) < 4.78 is 5.97. The van der Waals surface area contributed by atoms with Crippen molar-refractivity contribution in [3.8, 4) is 5.75 Å². The van der Waals surface area contributed by atoms with Crippen LogP contribution in [0.15, 0.2) is 76.6 Å². The summed E-state index contributed by atoms with van der Waals surface area (Å²) in [5.41, 5.74) is 2.61. The molecule has 1 saturated heterocycles. The first-order valence-corrected chi connectivity index (χ1v) is 15.0. The maximum atomic E-state index is 14.0. The molecule has 3 aromatic carbocycles. The highest BCUT2D eigenvalue weighted by Gasteiger charge is 2.56. The molecule has 0 spiro atoms. The van der Waals surface area contributed by atoms with Crippen molar-refractivity contribution < 1.29 is 19.1 Å². The zero-order valence-electron chi connectivity index (χ0n) is 21.4. The quantitative estimate of drug-likeness (QED) is 0.260. The molecule has 0 radical (unpaired) electrons. The van der Waals surface area contributed by atoms with Crippen LogP contribution in [0.25, 0.3) is 0 Å². The lowest BCUT2D eigenvalue weighted by atomic mass is 9.82. The highest BCUT2D eigenvalue weighted by Crippen LogP contribution is 2.54. The number of hydrogen-bond acceptors (Lipinski definition) is 7. The Balaban J connectivity index is 1.36. The number of benzene rings is 3. The molecule has 3 atom stereocenters. The predicted octanol–water partition coefficient (Wildman–Crippen LogP) is 5.86. The molecule has 1 aromatic heterocycles. The molecule has 2 aliphatic heterocycles. The van der Waals surface area contributed by atoms with E-state index in [2.05, 4.69) is 10.3 Å². The van der Waals surface area contributed by atoms with Crippen molar-refractivity contribution in [2.75, 3.05) is 16.8 Å². The molecule has 1 fully saturated rings. The van der Waals surface area contributed by atoms with Crippen LogP contribution in [0.2, 0.25) is 10.0 Å². The fourth-order valence-electron chi connectivity index (χ4n) is 5.07. The molecule has 208 valence electrons. The molecule has 8 nitrogen and oxygen atoms in total. The number of amides is 3. The summed E-state index contributed by atoms with van der Waals surface area (Å²) in [7, 11) is 0. The minimum atomic E-state index is -0.843. The van der Waals surface area contributed by atoms with Crippen LogP contribution in [0, 0.1) is 12.8 Å². The van der Waals surface area contributed by atoms with Gasteiger partial charge in [0.2, 0.25) is 11.8 Å². The number of H-pyrrole nitrogens is 1. The smallest absolute Gasteiger partial charge is 0.305 e. The number of anilines is 2. The van der Waals surface area contributed by atoms with Crippen LogP contribution < -0.4 is 19.8 Å². The number of aromatic amines is 1. The van der Waals surface area contributed by atoms with E-state index in [4.69, 9.17) is 27.9 Å². The second-order valence-electron chi connectivity index (χ2n) is 9.62. The normalized spacial score (nSPS) is 19.6. The van der Waals surface area contributed by atoms with Crippen molar-refractivity contribution in [3.05, 3.63) is 102 Å². The second kappa shape index (κ2) is 11.0. The highest BCUT2D eigenvalue weighted by atomic mass is 35.5. The summed E-state index contributed by atoms with van der Waals surface area (Å²) in [6.07, 6.45) is 0. The minimum absolute atomic E-state index is 0.302. The molecule has 0 unspecified atom stereocenters. The van der Waals surface area contributed by atoms with Crippen LogP contribution in [-0.4, -0.2) is 34.6 Å². The van der Waals surface area contributed by atoms with E-state index in [-0.39, 0.29) is 17.4 Å². The van der Waals surface area contributed by atoms with Crippen molar-refractivity contribution in [2.24, 2.45) is 5.92 Å². The molecular formula is C29H21Cl2N3O5S2. The Labute approximate surface area is 252 Å². The Bertz CT molecular complexity index is 1740. The number of nitrogens with one attached hydrogen (secondary N) is 2. The lowest BCUT2D eigenvalue weighted by molar-refractivity contribution is -0.122. The highest BCUT2D eigenvalue weighted by molar-refractivity contribution is 8.00. The van der Waals surface area contributed by atoms with Crippen LogP contribution in [0.5, 0.6) is 5.75 Å². The molecule has 3 heterocycles. The van der Waals surface area contributed by atoms with Gasteiger partial charge >= 0.3 is 4.87 Å². The number of fused-ring (bicyclic) bond motifs is 2. The van der Waals surface area contributed by atoms with Gasteiger partial charge in [0, 0.05) is 32.1 Å². The Morgan fingerprint density at radius 3 is 2.41 bits per heavy atom. The predicted molar refractivity (Wildman–Crippen MR) is 161 cm³/mol. The van der Waals surface area contributed by atoms with Gasteiger partial charge in [-0.3, -0.25) is 19.2 Å². The number of carbonyl (C=O) groups excluding carboxylic acids is 3. The van der Waals surface area contributed by atoms with E-state index in [1.54, 1.807) is 54.6 Å². The summed E-state index contributed by atoms with van der Waals surface area (Å²) in [4.78, 5) is 57.0. The zero-order valence-corrected chi connectivity index (χ0v) is 24.5. The molecule has 41 heavy (non-hydrogen) atoms. The third-order valence-corrected chi connectivity index (χ3v) is 9.80. The lowest BCUT2D eigenvalue weighted by Crippen LogP contribution is -2.32. The van der Waals surface area contributed by atoms with Crippen LogP contribution in [-0.2, 0) is 14.4 Å².